The molecule has 0 fully saturated rings. The van der Waals surface area contributed by atoms with E-state index in [2.05, 4.69) is 15.2 Å². The Bertz CT molecular complexity index is 175. The Morgan fingerprint density at radius 1 is 1.36 bits per heavy atom. The third-order valence-electron chi connectivity index (χ3n) is 0.801. The van der Waals surface area contributed by atoms with Crippen LogP contribution in [0.25, 0.3) is 0 Å². The van der Waals surface area contributed by atoms with Crippen molar-refractivity contribution in [3.05, 3.63) is 12.2 Å². The Morgan fingerprint density at radius 3 is 2.36 bits per heavy atom. The molecule has 0 amide bonds. The second-order valence-electron chi connectivity index (χ2n) is 1.52. The lowest BCUT2D eigenvalue weighted by Crippen LogP contribution is -2.52. The largest absolute Gasteiger partial charge is 0.466 e. The minimum absolute atomic E-state index is 0.0460. The van der Waals surface area contributed by atoms with Crippen molar-refractivity contribution in [2.45, 2.75) is 0 Å². The van der Waals surface area contributed by atoms with Gasteiger partial charge in [-0.2, -0.15) is 0 Å². The molecule has 5 heteroatoms. The van der Waals surface area contributed by atoms with Crippen LogP contribution in [0.2, 0.25) is 0 Å². The van der Waals surface area contributed by atoms with E-state index in [0.29, 0.717) is 0 Å². The van der Waals surface area contributed by atoms with Gasteiger partial charge in [-0.25, -0.2) is 9.59 Å². The molecule has 62 valence electrons. The molecule has 0 rings (SSSR count). The first-order valence-electron chi connectivity index (χ1n) is 2.92. The molecule has 0 aliphatic rings. The van der Waals surface area contributed by atoms with Gasteiger partial charge in [0, 0.05) is 12.2 Å². The van der Waals surface area contributed by atoms with Crippen LogP contribution in [0, 0.1) is 0 Å². The zero-order chi connectivity index (χ0) is 8.69. The van der Waals surface area contributed by atoms with Crippen LogP contribution in [0.3, 0.4) is 0 Å². The number of carbonyl (C=O) groups is 2. The molecule has 0 aromatic rings. The van der Waals surface area contributed by atoms with Crippen LogP contribution < -0.4 is 5.73 Å². The molecule has 11 heavy (non-hydrogen) atoms. The smallest absolute Gasteiger partial charge is 0.335 e. The molecule has 0 heterocycles. The molecule has 5 nitrogen and oxygen atoms in total. The lowest BCUT2D eigenvalue weighted by molar-refractivity contribution is -0.420. The van der Waals surface area contributed by atoms with Crippen LogP contribution in [0.1, 0.15) is 0 Å². The Hall–Kier alpha value is -1.36. The summed E-state index contributed by atoms with van der Waals surface area (Å²) in [7, 11) is 1.22. The molecular formula is C6H10NO4+. The molecule has 3 N–H and O–H groups in total. The van der Waals surface area contributed by atoms with Gasteiger partial charge in [0.1, 0.15) is 0 Å². The van der Waals surface area contributed by atoms with Crippen molar-refractivity contribution in [3.63, 3.8) is 0 Å². The fourth-order valence-corrected chi connectivity index (χ4v) is 0.353. The minimum Gasteiger partial charge on any atom is -0.466 e. The molecular weight excluding hydrogens is 150 g/mol. The molecule has 0 aromatic carbocycles. The van der Waals surface area contributed by atoms with E-state index in [-0.39, 0.29) is 6.73 Å². The van der Waals surface area contributed by atoms with Crippen LogP contribution in [0.4, 0.5) is 0 Å². The van der Waals surface area contributed by atoms with Gasteiger partial charge in [-0.05, 0) is 0 Å². The van der Waals surface area contributed by atoms with E-state index < -0.39 is 11.9 Å². The number of rotatable bonds is 3. The summed E-state index contributed by atoms with van der Waals surface area (Å²) < 4.78 is 8.62. The summed E-state index contributed by atoms with van der Waals surface area (Å²) in [6.07, 6.45) is 1.97. The van der Waals surface area contributed by atoms with E-state index in [1.807, 2.05) is 0 Å². The molecule has 0 radical (unpaired) electrons. The fourth-order valence-electron chi connectivity index (χ4n) is 0.353. The van der Waals surface area contributed by atoms with Crippen LogP contribution >= 0.6 is 0 Å². The van der Waals surface area contributed by atoms with Gasteiger partial charge in [0.05, 0.1) is 7.11 Å². The first-order valence-corrected chi connectivity index (χ1v) is 2.92. The van der Waals surface area contributed by atoms with E-state index in [0.717, 1.165) is 12.2 Å². The Kier molecular flexibility index (Phi) is 4.76. The molecule has 0 aliphatic carbocycles. The van der Waals surface area contributed by atoms with Gasteiger partial charge in [-0.3, -0.25) is 0 Å². The van der Waals surface area contributed by atoms with Gasteiger partial charge in [-0.1, -0.05) is 0 Å². The quantitative estimate of drug-likeness (QED) is 0.308. The summed E-state index contributed by atoms with van der Waals surface area (Å²) in [5.74, 6) is -1.20. The molecule has 0 atom stereocenters. The second kappa shape index (κ2) is 5.43. The zero-order valence-corrected chi connectivity index (χ0v) is 6.20. The summed E-state index contributed by atoms with van der Waals surface area (Å²) in [6, 6.07) is 0. The SMILES string of the molecule is COC(=O)/C=C/C(=O)OC[NH3+]. The van der Waals surface area contributed by atoms with Gasteiger partial charge in [-0.15, -0.1) is 0 Å². The minimum atomic E-state index is -0.606. The number of esters is 2. The normalized spacial score (nSPS) is 9.64. The maximum atomic E-state index is 10.5. The lowest BCUT2D eigenvalue weighted by Gasteiger charge is -1.91. The summed E-state index contributed by atoms with van der Waals surface area (Å²) in [5, 5.41) is 0. The summed E-state index contributed by atoms with van der Waals surface area (Å²) in [5.41, 5.74) is 3.28. The van der Waals surface area contributed by atoms with Crippen molar-refractivity contribution < 1.29 is 24.8 Å². The fraction of sp³-hybridized carbons (Fsp3) is 0.333. The van der Waals surface area contributed by atoms with Gasteiger partial charge in [0.2, 0.25) is 6.73 Å². The Labute approximate surface area is 63.8 Å². The predicted molar refractivity (Wildman–Crippen MR) is 35.0 cm³/mol. The van der Waals surface area contributed by atoms with Gasteiger partial charge < -0.3 is 15.2 Å². The van der Waals surface area contributed by atoms with Gasteiger partial charge in [0.15, 0.2) is 0 Å². The molecule has 0 aliphatic heterocycles. The van der Waals surface area contributed by atoms with Crippen molar-refractivity contribution in [3.8, 4) is 0 Å². The highest BCUT2D eigenvalue weighted by Crippen LogP contribution is 1.80. The first-order chi connectivity index (χ1) is 5.20. The van der Waals surface area contributed by atoms with E-state index in [4.69, 9.17) is 0 Å². The van der Waals surface area contributed by atoms with Crippen molar-refractivity contribution in [2.75, 3.05) is 13.8 Å². The third kappa shape index (κ3) is 5.10. The average Bonchev–Trinajstić information content (AvgIpc) is 2.01. The molecule has 0 aromatic heterocycles. The summed E-state index contributed by atoms with van der Waals surface area (Å²) in [4.78, 5) is 20.9. The number of ether oxygens (including phenoxy) is 2. The van der Waals surface area contributed by atoms with Gasteiger partial charge >= 0.3 is 11.9 Å². The van der Waals surface area contributed by atoms with Crippen molar-refractivity contribution in [1.82, 2.24) is 0 Å². The standard InChI is InChI=1S/C6H9NO4/c1-10-5(8)2-3-6(9)11-4-7/h2-3H,4,7H2,1H3/p+1/b3-2+. The van der Waals surface area contributed by atoms with Crippen LogP contribution in [-0.2, 0) is 19.1 Å². The van der Waals surface area contributed by atoms with Crippen LogP contribution in [-0.4, -0.2) is 25.8 Å². The van der Waals surface area contributed by atoms with Crippen LogP contribution in [0.5, 0.6) is 0 Å². The van der Waals surface area contributed by atoms with E-state index >= 15 is 0 Å². The zero-order valence-electron chi connectivity index (χ0n) is 6.20. The molecule has 0 saturated carbocycles. The summed E-state index contributed by atoms with van der Waals surface area (Å²) >= 11 is 0. The van der Waals surface area contributed by atoms with Crippen molar-refractivity contribution in [2.24, 2.45) is 0 Å². The highest BCUT2D eigenvalue weighted by molar-refractivity contribution is 5.91. The number of methoxy groups -OCH3 is 1. The lowest BCUT2D eigenvalue weighted by atomic mass is 10.5. The number of quaternary nitrogens is 1. The third-order valence-corrected chi connectivity index (χ3v) is 0.801. The van der Waals surface area contributed by atoms with Crippen molar-refractivity contribution in [1.29, 1.82) is 0 Å². The monoisotopic (exact) mass is 160 g/mol. The second-order valence-corrected chi connectivity index (χ2v) is 1.52. The summed E-state index contributed by atoms with van der Waals surface area (Å²) in [6.45, 7) is 0.0460. The highest BCUT2D eigenvalue weighted by atomic mass is 16.5. The predicted octanol–water partition coefficient (Wildman–Crippen LogP) is -1.54. The number of hydrogen-bond acceptors (Lipinski definition) is 4. The average molecular weight is 160 g/mol. The number of carbonyl (C=O) groups excluding carboxylic acids is 2. The van der Waals surface area contributed by atoms with E-state index in [9.17, 15) is 9.59 Å². The topological polar surface area (TPSA) is 80.2 Å². The highest BCUT2D eigenvalue weighted by Gasteiger charge is 1.97. The van der Waals surface area contributed by atoms with Crippen LogP contribution in [0.15, 0.2) is 12.2 Å². The Morgan fingerprint density at radius 2 is 1.91 bits per heavy atom. The maximum Gasteiger partial charge on any atom is 0.335 e. The molecule has 0 unspecified atom stereocenters. The van der Waals surface area contributed by atoms with E-state index in [1.54, 1.807) is 0 Å². The molecule has 0 bridgehead atoms. The molecule has 0 spiro atoms. The first kappa shape index (κ1) is 9.64. The van der Waals surface area contributed by atoms with Crippen molar-refractivity contribution >= 4 is 11.9 Å². The van der Waals surface area contributed by atoms with Gasteiger partial charge in [0.25, 0.3) is 0 Å². The Balaban J connectivity index is 3.73. The molecule has 0 saturated heterocycles. The number of hydrogen-bond donors (Lipinski definition) is 1. The van der Waals surface area contributed by atoms with E-state index in [1.165, 1.54) is 7.11 Å². The maximum absolute atomic E-state index is 10.5.